The molecule has 1 heterocycles. The van der Waals surface area contributed by atoms with Gasteiger partial charge < -0.3 is 5.32 Å². The molecule has 0 unspecified atom stereocenters. The van der Waals surface area contributed by atoms with Crippen LogP contribution in [0.4, 0.5) is 4.39 Å². The molecule has 4 nitrogen and oxygen atoms in total. The summed E-state index contributed by atoms with van der Waals surface area (Å²) in [7, 11) is 0. The molecule has 20 heavy (non-hydrogen) atoms. The van der Waals surface area contributed by atoms with Crippen molar-refractivity contribution in [3.05, 3.63) is 46.2 Å². The third-order valence-corrected chi connectivity index (χ3v) is 3.55. The Morgan fingerprint density at radius 1 is 1.35 bits per heavy atom. The minimum Gasteiger partial charge on any atom is -0.305 e. The van der Waals surface area contributed by atoms with Crippen LogP contribution in [0.25, 0.3) is 0 Å². The maximum Gasteiger partial charge on any atom is 0.141 e. The second-order valence-corrected chi connectivity index (χ2v) is 6.53. The van der Waals surface area contributed by atoms with Crippen molar-refractivity contribution in [2.75, 3.05) is 0 Å². The smallest absolute Gasteiger partial charge is 0.141 e. The number of hydrogen-bond acceptors (Lipinski definition) is 3. The lowest BCUT2D eigenvalue weighted by Crippen LogP contribution is -2.36. The molecule has 0 spiro atoms. The van der Waals surface area contributed by atoms with E-state index >= 15 is 0 Å². The second kappa shape index (κ2) is 6.01. The third-order valence-electron chi connectivity index (χ3n) is 2.81. The fraction of sp³-hybridized carbons (Fsp3) is 0.429. The molecule has 1 aromatic carbocycles. The number of halogens is 2. The van der Waals surface area contributed by atoms with Gasteiger partial charge in [0.05, 0.1) is 13.1 Å². The van der Waals surface area contributed by atoms with Gasteiger partial charge in [-0.1, -0.05) is 22.0 Å². The van der Waals surface area contributed by atoms with Gasteiger partial charge in [0, 0.05) is 10.0 Å². The van der Waals surface area contributed by atoms with Crippen molar-refractivity contribution in [2.45, 2.75) is 39.4 Å². The van der Waals surface area contributed by atoms with Gasteiger partial charge in [-0.3, -0.25) is 0 Å². The molecule has 2 aromatic rings. The van der Waals surface area contributed by atoms with Crippen LogP contribution in [0.15, 0.2) is 29.0 Å². The van der Waals surface area contributed by atoms with E-state index in [4.69, 9.17) is 0 Å². The summed E-state index contributed by atoms with van der Waals surface area (Å²) in [6, 6.07) is 4.66. The summed E-state index contributed by atoms with van der Waals surface area (Å²) in [5, 5.41) is 7.61. The fourth-order valence-corrected chi connectivity index (χ4v) is 2.19. The van der Waals surface area contributed by atoms with Crippen molar-refractivity contribution in [2.24, 2.45) is 0 Å². The first kappa shape index (κ1) is 15.1. The molecule has 108 valence electrons. The molecule has 0 fully saturated rings. The van der Waals surface area contributed by atoms with Crippen LogP contribution in [0.2, 0.25) is 0 Å². The molecule has 0 radical (unpaired) electrons. The molecular formula is C14H18BrFN4. The van der Waals surface area contributed by atoms with E-state index in [-0.39, 0.29) is 11.4 Å². The van der Waals surface area contributed by atoms with Crippen LogP contribution in [0.1, 0.15) is 32.2 Å². The summed E-state index contributed by atoms with van der Waals surface area (Å²) in [4.78, 5) is 4.26. The van der Waals surface area contributed by atoms with Gasteiger partial charge in [0.1, 0.15) is 18.0 Å². The van der Waals surface area contributed by atoms with Gasteiger partial charge in [0.15, 0.2) is 0 Å². The molecule has 1 aromatic heterocycles. The minimum atomic E-state index is -0.256. The van der Waals surface area contributed by atoms with Crippen LogP contribution in [0.3, 0.4) is 0 Å². The highest BCUT2D eigenvalue weighted by Gasteiger charge is 2.12. The van der Waals surface area contributed by atoms with Crippen LogP contribution < -0.4 is 5.32 Å². The number of nitrogens with zero attached hydrogens (tertiary/aromatic N) is 3. The molecule has 0 amide bonds. The van der Waals surface area contributed by atoms with Crippen molar-refractivity contribution >= 4 is 15.9 Å². The number of benzene rings is 1. The van der Waals surface area contributed by atoms with Crippen molar-refractivity contribution in [3.8, 4) is 0 Å². The van der Waals surface area contributed by atoms with E-state index in [2.05, 4.69) is 52.1 Å². The third kappa shape index (κ3) is 4.11. The molecular weight excluding hydrogens is 323 g/mol. The van der Waals surface area contributed by atoms with Gasteiger partial charge in [-0.25, -0.2) is 14.1 Å². The summed E-state index contributed by atoms with van der Waals surface area (Å²) in [6.45, 7) is 7.50. The standard InChI is InChI=1S/C14H18BrFN4/c1-14(2,3)18-7-13-17-9-19-20(13)8-10-4-5-11(16)6-12(10)15/h4-6,9,18H,7-8H2,1-3H3. The van der Waals surface area contributed by atoms with Gasteiger partial charge in [-0.05, 0) is 38.5 Å². The zero-order valence-corrected chi connectivity index (χ0v) is 13.4. The Hall–Kier alpha value is -1.27. The average molecular weight is 341 g/mol. The topological polar surface area (TPSA) is 42.7 Å². The SMILES string of the molecule is CC(C)(C)NCc1ncnn1Cc1ccc(F)cc1Br. The maximum atomic E-state index is 13.1. The monoisotopic (exact) mass is 340 g/mol. The first-order valence-electron chi connectivity index (χ1n) is 6.41. The van der Waals surface area contributed by atoms with E-state index < -0.39 is 0 Å². The van der Waals surface area contributed by atoms with Gasteiger partial charge in [0.25, 0.3) is 0 Å². The van der Waals surface area contributed by atoms with E-state index in [9.17, 15) is 4.39 Å². The Morgan fingerprint density at radius 3 is 2.75 bits per heavy atom. The Labute approximate surface area is 126 Å². The maximum absolute atomic E-state index is 13.1. The molecule has 0 aliphatic heterocycles. The number of nitrogens with one attached hydrogen (secondary N) is 1. The molecule has 0 saturated heterocycles. The number of rotatable bonds is 4. The molecule has 0 aliphatic rings. The predicted octanol–water partition coefficient (Wildman–Crippen LogP) is 3.12. The highest BCUT2D eigenvalue weighted by Crippen LogP contribution is 2.19. The predicted molar refractivity (Wildman–Crippen MR) is 79.8 cm³/mol. The van der Waals surface area contributed by atoms with Crippen LogP contribution in [0, 0.1) is 5.82 Å². The molecule has 0 atom stereocenters. The molecule has 1 N–H and O–H groups in total. The highest BCUT2D eigenvalue weighted by atomic mass is 79.9. The minimum absolute atomic E-state index is 0.0211. The van der Waals surface area contributed by atoms with Crippen LogP contribution in [-0.4, -0.2) is 20.3 Å². The van der Waals surface area contributed by atoms with Gasteiger partial charge in [0.2, 0.25) is 0 Å². The van der Waals surface area contributed by atoms with Crippen molar-refractivity contribution in [1.82, 2.24) is 20.1 Å². The van der Waals surface area contributed by atoms with Crippen molar-refractivity contribution in [3.63, 3.8) is 0 Å². The van der Waals surface area contributed by atoms with E-state index in [0.717, 1.165) is 15.9 Å². The van der Waals surface area contributed by atoms with Crippen molar-refractivity contribution in [1.29, 1.82) is 0 Å². The first-order chi connectivity index (χ1) is 9.35. The number of aromatic nitrogens is 3. The normalized spacial score (nSPS) is 11.8. The average Bonchev–Trinajstić information content (AvgIpc) is 2.77. The lowest BCUT2D eigenvalue weighted by Gasteiger charge is -2.20. The molecule has 0 saturated carbocycles. The zero-order valence-electron chi connectivity index (χ0n) is 11.8. The zero-order chi connectivity index (χ0) is 14.8. The molecule has 6 heteroatoms. The van der Waals surface area contributed by atoms with Crippen LogP contribution in [0.5, 0.6) is 0 Å². The Bertz CT molecular complexity index is 589. The first-order valence-corrected chi connectivity index (χ1v) is 7.20. The molecule has 2 rings (SSSR count). The van der Waals surface area contributed by atoms with Crippen molar-refractivity contribution < 1.29 is 4.39 Å². The molecule has 0 bridgehead atoms. The van der Waals surface area contributed by atoms with Crippen LogP contribution in [-0.2, 0) is 13.1 Å². The van der Waals surface area contributed by atoms with E-state index in [1.165, 1.54) is 18.5 Å². The quantitative estimate of drug-likeness (QED) is 0.929. The second-order valence-electron chi connectivity index (χ2n) is 5.67. The molecule has 0 aliphatic carbocycles. The van der Waals surface area contributed by atoms with Crippen LogP contribution >= 0.6 is 15.9 Å². The summed E-state index contributed by atoms with van der Waals surface area (Å²) >= 11 is 3.37. The summed E-state index contributed by atoms with van der Waals surface area (Å²) in [5.41, 5.74) is 0.988. The largest absolute Gasteiger partial charge is 0.305 e. The fourth-order valence-electron chi connectivity index (χ4n) is 1.71. The van der Waals surface area contributed by atoms with Gasteiger partial charge in [-0.15, -0.1) is 0 Å². The number of hydrogen-bond donors (Lipinski definition) is 1. The highest BCUT2D eigenvalue weighted by molar-refractivity contribution is 9.10. The lowest BCUT2D eigenvalue weighted by atomic mass is 10.1. The van der Waals surface area contributed by atoms with Gasteiger partial charge >= 0.3 is 0 Å². The van der Waals surface area contributed by atoms with E-state index in [1.807, 2.05) is 4.68 Å². The van der Waals surface area contributed by atoms with E-state index in [0.29, 0.717) is 13.1 Å². The summed E-state index contributed by atoms with van der Waals surface area (Å²) < 4.78 is 15.6. The summed E-state index contributed by atoms with van der Waals surface area (Å²) in [6.07, 6.45) is 1.54. The Kier molecular flexibility index (Phi) is 4.55. The van der Waals surface area contributed by atoms with E-state index in [1.54, 1.807) is 6.07 Å². The Balaban J connectivity index is 2.12. The lowest BCUT2D eigenvalue weighted by molar-refractivity contribution is 0.410. The Morgan fingerprint density at radius 2 is 2.10 bits per heavy atom. The summed E-state index contributed by atoms with van der Waals surface area (Å²) in [5.74, 6) is 0.602. The van der Waals surface area contributed by atoms with Gasteiger partial charge in [-0.2, -0.15) is 5.10 Å².